The van der Waals surface area contributed by atoms with Crippen LogP contribution in [0.2, 0.25) is 0 Å². The Bertz CT molecular complexity index is 1090. The Balaban J connectivity index is 4.30. The maximum absolute atomic E-state index is 12.7. The predicted octanol–water partition coefficient (Wildman–Crippen LogP) is 11.9. The van der Waals surface area contributed by atoms with Gasteiger partial charge in [0.2, 0.25) is 0 Å². The molecule has 0 amide bonds. The first kappa shape index (κ1) is 55.3. The maximum Gasteiger partial charge on any atom is 0.306 e. The van der Waals surface area contributed by atoms with Gasteiger partial charge in [-0.3, -0.25) is 9.59 Å². The molecule has 0 aliphatic carbocycles. The molecule has 0 aromatic heterocycles. The van der Waals surface area contributed by atoms with Gasteiger partial charge in [-0.25, -0.2) is 0 Å². The number of carboxylic acid groups (broad SMARTS) is 1. The van der Waals surface area contributed by atoms with Gasteiger partial charge in [-0.15, -0.1) is 0 Å². The Kier molecular flexibility index (Phi) is 39.1. The van der Waals surface area contributed by atoms with Crippen LogP contribution in [0, 0.1) is 0 Å². The first-order chi connectivity index (χ1) is 28.1. The minimum atomic E-state index is -1.13. The molecule has 0 radical (unpaired) electrons. The molecule has 8 heteroatoms. The van der Waals surface area contributed by atoms with E-state index in [1.165, 1.54) is 89.9 Å². The third-order valence-electron chi connectivity index (χ3n) is 10.4. The Morgan fingerprint density at radius 3 is 1.45 bits per heavy atom. The van der Waals surface area contributed by atoms with Gasteiger partial charge < -0.3 is 28.6 Å². The van der Waals surface area contributed by atoms with Crippen LogP contribution in [0.4, 0.5) is 0 Å². The van der Waals surface area contributed by atoms with E-state index < -0.39 is 18.1 Å². The molecule has 0 rings (SSSR count). The second-order valence-corrected chi connectivity index (χ2v) is 17.0. The summed E-state index contributed by atoms with van der Waals surface area (Å²) in [5.74, 6) is -1.76. The minimum absolute atomic E-state index is 0.0328. The van der Waals surface area contributed by atoms with Gasteiger partial charge in [-0.05, 0) is 70.6 Å². The number of allylic oxidation sites excluding steroid dienone is 8. The van der Waals surface area contributed by atoms with Crippen LogP contribution >= 0.6 is 0 Å². The lowest BCUT2D eigenvalue weighted by Crippen LogP contribution is -2.55. The molecule has 0 fully saturated rings. The molecule has 0 spiro atoms. The van der Waals surface area contributed by atoms with Crippen molar-refractivity contribution in [3.8, 4) is 0 Å². The lowest BCUT2D eigenvalue weighted by atomic mass is 10.1. The molecular formula is C50H89NO7. The van der Waals surface area contributed by atoms with Crippen LogP contribution in [-0.2, 0) is 28.6 Å². The first-order valence-corrected chi connectivity index (χ1v) is 23.7. The van der Waals surface area contributed by atoms with E-state index in [1.807, 2.05) is 0 Å². The SMILES string of the molecule is CC/C=C\C/C=C\C/C=C\CCCCCCCC(=O)OC(COCCC(C(=O)[O-])[N+](C)(C)C)COC(=O)CCCCCCCCCCC/C=C\CCCCCCCC. The second-order valence-electron chi connectivity index (χ2n) is 17.0. The summed E-state index contributed by atoms with van der Waals surface area (Å²) in [6.45, 7) is 4.53. The number of ether oxygens (including phenoxy) is 3. The summed E-state index contributed by atoms with van der Waals surface area (Å²) >= 11 is 0. The predicted molar refractivity (Wildman–Crippen MR) is 240 cm³/mol. The molecule has 0 aromatic carbocycles. The molecule has 0 N–H and O–H groups in total. The van der Waals surface area contributed by atoms with Gasteiger partial charge in [-0.2, -0.15) is 0 Å². The van der Waals surface area contributed by atoms with Crippen LogP contribution in [0.3, 0.4) is 0 Å². The fourth-order valence-electron chi connectivity index (χ4n) is 6.79. The molecule has 0 saturated carbocycles. The van der Waals surface area contributed by atoms with Crippen molar-refractivity contribution in [2.45, 2.75) is 212 Å². The third kappa shape index (κ3) is 38.8. The highest BCUT2D eigenvalue weighted by Gasteiger charge is 2.25. The molecule has 0 aromatic rings. The third-order valence-corrected chi connectivity index (χ3v) is 10.4. The van der Waals surface area contributed by atoms with Crippen molar-refractivity contribution in [1.82, 2.24) is 0 Å². The number of likely N-dealkylation sites (N-methyl/N-ethyl adjacent to an activating group) is 1. The number of hydrogen-bond donors (Lipinski definition) is 0. The van der Waals surface area contributed by atoms with Crippen LogP contribution in [0.25, 0.3) is 0 Å². The number of rotatable bonds is 42. The van der Waals surface area contributed by atoms with E-state index in [4.69, 9.17) is 14.2 Å². The average molecular weight is 816 g/mol. The largest absolute Gasteiger partial charge is 0.544 e. The molecule has 58 heavy (non-hydrogen) atoms. The van der Waals surface area contributed by atoms with Crippen molar-refractivity contribution < 1.29 is 38.2 Å². The highest BCUT2D eigenvalue weighted by Crippen LogP contribution is 2.14. The van der Waals surface area contributed by atoms with E-state index >= 15 is 0 Å². The quantitative estimate of drug-likeness (QED) is 0.0262. The Morgan fingerprint density at radius 2 is 0.966 bits per heavy atom. The van der Waals surface area contributed by atoms with E-state index in [2.05, 4.69) is 62.5 Å². The number of hydrogen-bond acceptors (Lipinski definition) is 7. The fraction of sp³-hybridized carbons (Fsp3) is 0.780. The number of aliphatic carboxylic acids is 1. The maximum atomic E-state index is 12.7. The minimum Gasteiger partial charge on any atom is -0.544 e. The molecular weight excluding hydrogens is 727 g/mol. The number of carbonyl (C=O) groups excluding carboxylic acids is 3. The van der Waals surface area contributed by atoms with Crippen molar-refractivity contribution in [3.05, 3.63) is 48.6 Å². The molecule has 0 heterocycles. The molecule has 0 bridgehead atoms. The first-order valence-electron chi connectivity index (χ1n) is 23.7. The zero-order valence-electron chi connectivity index (χ0n) is 38.2. The standard InChI is InChI=1S/C50H89NO7/c1-6-8-10-12-14-16-18-20-22-23-24-25-27-28-30-32-34-36-38-40-48(52)57-45-46(44-56-43-42-47(50(54)55)51(3,4)5)58-49(53)41-39-37-35-33-31-29-26-21-19-17-15-13-11-9-7-2/h9,11,15,17,20-22,26,46-47H,6-8,10,12-14,16,18-19,23-25,27-45H2,1-5H3/b11-9-,17-15-,22-20-,26-21-. The summed E-state index contributed by atoms with van der Waals surface area (Å²) in [5, 5.41) is 11.6. The molecule has 2 unspecified atom stereocenters. The van der Waals surface area contributed by atoms with Crippen molar-refractivity contribution in [1.29, 1.82) is 0 Å². The van der Waals surface area contributed by atoms with E-state index in [0.717, 1.165) is 77.0 Å². The van der Waals surface area contributed by atoms with Crippen LogP contribution in [-0.4, -0.2) is 75.5 Å². The van der Waals surface area contributed by atoms with E-state index in [1.54, 1.807) is 21.1 Å². The number of nitrogens with zero attached hydrogens (tertiary/aromatic N) is 1. The highest BCUT2D eigenvalue weighted by molar-refractivity contribution is 5.70. The fourth-order valence-corrected chi connectivity index (χ4v) is 6.79. The van der Waals surface area contributed by atoms with Crippen molar-refractivity contribution in [2.75, 3.05) is 41.0 Å². The zero-order valence-corrected chi connectivity index (χ0v) is 38.2. The van der Waals surface area contributed by atoms with Crippen LogP contribution in [0.5, 0.6) is 0 Å². The van der Waals surface area contributed by atoms with E-state index in [0.29, 0.717) is 12.8 Å². The zero-order chi connectivity index (χ0) is 42.8. The molecule has 8 nitrogen and oxygen atoms in total. The van der Waals surface area contributed by atoms with Crippen LogP contribution in [0.1, 0.15) is 200 Å². The topological polar surface area (TPSA) is 102 Å². The second kappa shape index (κ2) is 41.0. The van der Waals surface area contributed by atoms with Crippen LogP contribution in [0.15, 0.2) is 48.6 Å². The summed E-state index contributed by atoms with van der Waals surface area (Å²) < 4.78 is 17.2. The lowest BCUT2D eigenvalue weighted by molar-refractivity contribution is -0.889. The van der Waals surface area contributed by atoms with Gasteiger partial charge in [0, 0.05) is 19.3 Å². The van der Waals surface area contributed by atoms with Gasteiger partial charge in [-0.1, -0.05) is 159 Å². The summed E-state index contributed by atoms with van der Waals surface area (Å²) in [4.78, 5) is 36.9. The van der Waals surface area contributed by atoms with Crippen LogP contribution < -0.4 is 5.11 Å². The molecule has 0 aliphatic heterocycles. The van der Waals surface area contributed by atoms with Gasteiger partial charge in [0.1, 0.15) is 12.6 Å². The van der Waals surface area contributed by atoms with E-state index in [9.17, 15) is 19.5 Å². The summed E-state index contributed by atoms with van der Waals surface area (Å²) in [5.41, 5.74) is 0. The number of quaternary nitrogens is 1. The van der Waals surface area contributed by atoms with Gasteiger partial charge >= 0.3 is 11.9 Å². The number of unbranched alkanes of at least 4 members (excludes halogenated alkanes) is 20. The highest BCUT2D eigenvalue weighted by atomic mass is 16.6. The van der Waals surface area contributed by atoms with Crippen molar-refractivity contribution in [2.24, 2.45) is 0 Å². The summed E-state index contributed by atoms with van der Waals surface area (Å²) in [7, 11) is 5.40. The van der Waals surface area contributed by atoms with Gasteiger partial charge in [0.15, 0.2) is 6.10 Å². The number of esters is 2. The van der Waals surface area contributed by atoms with Crippen molar-refractivity contribution in [3.63, 3.8) is 0 Å². The normalized spacial score (nSPS) is 13.3. The van der Waals surface area contributed by atoms with Gasteiger partial charge in [0.25, 0.3) is 0 Å². The Morgan fingerprint density at radius 1 is 0.534 bits per heavy atom. The summed E-state index contributed by atoms with van der Waals surface area (Å²) in [6, 6.07) is -0.730. The smallest absolute Gasteiger partial charge is 0.306 e. The van der Waals surface area contributed by atoms with Gasteiger partial charge in [0.05, 0.1) is 40.3 Å². The Hall–Kier alpha value is -2.71. The monoisotopic (exact) mass is 816 g/mol. The van der Waals surface area contributed by atoms with E-state index in [-0.39, 0.29) is 42.7 Å². The summed E-state index contributed by atoms with van der Waals surface area (Å²) in [6.07, 6.45) is 48.5. The number of carboxylic acids is 1. The average Bonchev–Trinajstić information content (AvgIpc) is 3.18. The lowest BCUT2D eigenvalue weighted by Gasteiger charge is -2.34. The molecule has 336 valence electrons. The van der Waals surface area contributed by atoms with Crippen molar-refractivity contribution >= 4 is 17.9 Å². The number of carbonyl (C=O) groups is 3. The Labute approximate surface area is 356 Å². The molecule has 2 atom stereocenters. The molecule has 0 saturated heterocycles. The molecule has 0 aliphatic rings.